The number of hydrogen-bond donors (Lipinski definition) is 1. The average Bonchev–Trinajstić information content (AvgIpc) is 2.39. The quantitative estimate of drug-likeness (QED) is 0.941. The maximum Gasteiger partial charge on any atom is 0.341 e. The fourth-order valence-corrected chi connectivity index (χ4v) is 2.00. The molecule has 0 atom stereocenters. The molecule has 0 amide bonds. The van der Waals surface area contributed by atoms with Gasteiger partial charge in [0.25, 0.3) is 0 Å². The number of aryl methyl sites for hydroxylation is 1. The minimum atomic E-state index is -1.54. The summed E-state index contributed by atoms with van der Waals surface area (Å²) in [5, 5.41) is 8.50. The highest BCUT2D eigenvalue weighted by Crippen LogP contribution is 2.22. The number of aromatic carboxylic acids is 1. The van der Waals surface area contributed by atoms with Crippen LogP contribution in [0, 0.1) is 18.6 Å². The van der Waals surface area contributed by atoms with Crippen molar-refractivity contribution in [3.05, 3.63) is 45.2 Å². The lowest BCUT2D eigenvalue weighted by molar-refractivity contribution is 0.0694. The van der Waals surface area contributed by atoms with E-state index in [9.17, 15) is 22.8 Å². The molecule has 0 bridgehead atoms. The number of carbonyl (C=O) groups is 1. The van der Waals surface area contributed by atoms with E-state index in [4.69, 9.17) is 5.11 Å². The predicted molar refractivity (Wildman–Crippen MR) is 65.8 cm³/mol. The maximum absolute atomic E-state index is 14.1. The van der Waals surface area contributed by atoms with Crippen molar-refractivity contribution < 1.29 is 23.1 Å². The molecular formula is C13H10F3NO3. The molecule has 0 aliphatic carbocycles. The number of hydrogen-bond acceptors (Lipinski definition) is 2. The smallest absolute Gasteiger partial charge is 0.341 e. The van der Waals surface area contributed by atoms with Crippen molar-refractivity contribution in [3.63, 3.8) is 0 Å². The van der Waals surface area contributed by atoms with E-state index in [-0.39, 0.29) is 17.6 Å². The van der Waals surface area contributed by atoms with Crippen molar-refractivity contribution in [2.24, 2.45) is 0 Å². The molecule has 1 heterocycles. The predicted octanol–water partition coefficient (Wildman–Crippen LogP) is 2.26. The van der Waals surface area contributed by atoms with Gasteiger partial charge in [-0.3, -0.25) is 4.79 Å². The van der Waals surface area contributed by atoms with Crippen molar-refractivity contribution in [2.45, 2.75) is 13.5 Å². The van der Waals surface area contributed by atoms with E-state index in [0.29, 0.717) is 0 Å². The summed E-state index contributed by atoms with van der Waals surface area (Å²) >= 11 is 0. The van der Waals surface area contributed by atoms with Gasteiger partial charge in [0.05, 0.1) is 17.4 Å². The van der Waals surface area contributed by atoms with E-state index in [0.717, 1.165) is 16.8 Å². The number of carboxylic acid groups (broad SMARTS) is 1. The lowest BCUT2D eigenvalue weighted by Gasteiger charge is -2.13. The highest BCUT2D eigenvalue weighted by Gasteiger charge is 2.20. The van der Waals surface area contributed by atoms with Crippen LogP contribution in [0.4, 0.5) is 13.2 Å². The molecule has 4 nitrogen and oxygen atoms in total. The topological polar surface area (TPSA) is 59.3 Å². The van der Waals surface area contributed by atoms with Crippen LogP contribution in [-0.2, 0) is 6.54 Å². The van der Waals surface area contributed by atoms with Crippen LogP contribution in [0.3, 0.4) is 0 Å². The molecular weight excluding hydrogens is 275 g/mol. The lowest BCUT2D eigenvalue weighted by atomic mass is 10.1. The summed E-state index contributed by atoms with van der Waals surface area (Å²) in [5.74, 6) is -3.49. The van der Waals surface area contributed by atoms with Gasteiger partial charge in [-0.2, -0.15) is 0 Å². The minimum absolute atomic E-state index is 0.295. The van der Waals surface area contributed by atoms with E-state index in [1.807, 2.05) is 0 Å². The Hall–Kier alpha value is -2.31. The summed E-state index contributed by atoms with van der Waals surface area (Å²) < 4.78 is 41.1. The van der Waals surface area contributed by atoms with Crippen molar-refractivity contribution >= 4 is 16.9 Å². The molecule has 0 fully saturated rings. The number of benzene rings is 1. The molecule has 1 aromatic carbocycles. The second-order valence-electron chi connectivity index (χ2n) is 4.25. The molecule has 0 saturated carbocycles. The summed E-state index contributed by atoms with van der Waals surface area (Å²) in [6.45, 7) is -0.0363. The summed E-state index contributed by atoms with van der Waals surface area (Å²) in [5.41, 5.74) is -2.27. The van der Waals surface area contributed by atoms with Crippen LogP contribution in [0.2, 0.25) is 0 Å². The maximum atomic E-state index is 14.1. The number of pyridine rings is 1. The minimum Gasteiger partial charge on any atom is -0.477 e. The van der Waals surface area contributed by atoms with Gasteiger partial charge in [-0.25, -0.2) is 18.0 Å². The Morgan fingerprint density at radius 2 is 2.05 bits per heavy atom. The number of rotatable bonds is 3. The number of aromatic nitrogens is 1. The van der Waals surface area contributed by atoms with Gasteiger partial charge in [-0.05, 0) is 13.0 Å². The third kappa shape index (κ3) is 2.04. The zero-order valence-electron chi connectivity index (χ0n) is 10.4. The van der Waals surface area contributed by atoms with Gasteiger partial charge in [0.2, 0.25) is 5.43 Å². The summed E-state index contributed by atoms with van der Waals surface area (Å²) in [7, 11) is 0. The molecule has 0 saturated heterocycles. The van der Waals surface area contributed by atoms with E-state index in [2.05, 4.69) is 0 Å². The molecule has 0 radical (unpaired) electrons. The standard InChI is InChI=1S/C13H10F3NO3/c1-6-9(15)4-7-11(10(6)16)17(3-2-14)5-8(12(7)18)13(19)20/h4-5H,2-3H2,1H3,(H,19,20). The van der Waals surface area contributed by atoms with E-state index < -0.39 is 40.7 Å². The van der Waals surface area contributed by atoms with Crippen LogP contribution in [0.1, 0.15) is 15.9 Å². The second kappa shape index (κ2) is 4.99. The summed E-state index contributed by atoms with van der Waals surface area (Å²) in [4.78, 5) is 22.9. The normalized spacial score (nSPS) is 11.0. The van der Waals surface area contributed by atoms with E-state index in [1.165, 1.54) is 6.92 Å². The fraction of sp³-hybridized carbons (Fsp3) is 0.231. The second-order valence-corrected chi connectivity index (χ2v) is 4.25. The first-order valence-electron chi connectivity index (χ1n) is 5.69. The van der Waals surface area contributed by atoms with Crippen LogP contribution in [0.25, 0.3) is 10.9 Å². The molecule has 0 spiro atoms. The SMILES string of the molecule is Cc1c(F)cc2c(=O)c(C(=O)O)cn(CCF)c2c1F. The first-order valence-corrected chi connectivity index (χ1v) is 5.69. The lowest BCUT2D eigenvalue weighted by Crippen LogP contribution is -2.20. The molecule has 106 valence electrons. The Morgan fingerprint density at radius 1 is 1.40 bits per heavy atom. The number of halogens is 3. The molecule has 7 heteroatoms. The average molecular weight is 285 g/mol. The van der Waals surface area contributed by atoms with Crippen molar-refractivity contribution in [1.82, 2.24) is 4.57 Å². The van der Waals surface area contributed by atoms with Gasteiger partial charge in [0.1, 0.15) is 18.1 Å². The van der Waals surface area contributed by atoms with Crippen molar-refractivity contribution in [2.75, 3.05) is 6.67 Å². The van der Waals surface area contributed by atoms with Crippen molar-refractivity contribution in [1.29, 1.82) is 0 Å². The Morgan fingerprint density at radius 3 is 2.60 bits per heavy atom. The molecule has 1 N–H and O–H groups in total. The first-order chi connectivity index (χ1) is 9.38. The van der Waals surface area contributed by atoms with E-state index in [1.54, 1.807) is 0 Å². The van der Waals surface area contributed by atoms with Crippen LogP contribution in [0.15, 0.2) is 17.1 Å². The van der Waals surface area contributed by atoms with Crippen LogP contribution in [0.5, 0.6) is 0 Å². The molecule has 0 aliphatic heterocycles. The largest absolute Gasteiger partial charge is 0.477 e. The molecule has 20 heavy (non-hydrogen) atoms. The number of nitrogens with zero attached hydrogens (tertiary/aromatic N) is 1. The molecule has 2 rings (SSSR count). The molecule has 2 aromatic rings. The zero-order valence-corrected chi connectivity index (χ0v) is 10.4. The number of alkyl halides is 1. The third-order valence-corrected chi connectivity index (χ3v) is 3.04. The van der Waals surface area contributed by atoms with Gasteiger partial charge in [-0.15, -0.1) is 0 Å². The van der Waals surface area contributed by atoms with Gasteiger partial charge in [0, 0.05) is 11.8 Å². The van der Waals surface area contributed by atoms with Gasteiger partial charge in [-0.1, -0.05) is 0 Å². The van der Waals surface area contributed by atoms with Crippen LogP contribution < -0.4 is 5.43 Å². The van der Waals surface area contributed by atoms with Crippen molar-refractivity contribution in [3.8, 4) is 0 Å². The molecule has 0 aliphatic rings. The number of fused-ring (bicyclic) bond motifs is 1. The van der Waals surface area contributed by atoms with Crippen LogP contribution in [-0.4, -0.2) is 22.3 Å². The Balaban J connectivity index is 3.02. The first kappa shape index (κ1) is 14.1. The highest BCUT2D eigenvalue weighted by atomic mass is 19.1. The van der Waals surface area contributed by atoms with E-state index >= 15 is 0 Å². The Kier molecular flexibility index (Phi) is 3.52. The summed E-state index contributed by atoms with van der Waals surface area (Å²) in [6, 6.07) is 0.775. The van der Waals surface area contributed by atoms with Crippen LogP contribution >= 0.6 is 0 Å². The Labute approximate surface area is 111 Å². The molecule has 1 aromatic heterocycles. The van der Waals surface area contributed by atoms with Gasteiger partial charge in [0.15, 0.2) is 5.82 Å². The van der Waals surface area contributed by atoms with Gasteiger partial charge < -0.3 is 9.67 Å². The molecule has 0 unspecified atom stereocenters. The third-order valence-electron chi connectivity index (χ3n) is 3.04. The Bertz CT molecular complexity index is 768. The van der Waals surface area contributed by atoms with Gasteiger partial charge >= 0.3 is 5.97 Å². The highest BCUT2D eigenvalue weighted by molar-refractivity contribution is 5.92. The fourth-order valence-electron chi connectivity index (χ4n) is 2.00. The number of carboxylic acids is 1. The summed E-state index contributed by atoms with van der Waals surface area (Å²) in [6.07, 6.45) is 0.868. The monoisotopic (exact) mass is 285 g/mol. The zero-order chi connectivity index (χ0) is 15.0.